The Morgan fingerprint density at radius 1 is 0.935 bits per heavy atom. The van der Waals surface area contributed by atoms with E-state index in [0.717, 1.165) is 30.0 Å². The third-order valence-electron chi connectivity index (χ3n) is 5.07. The van der Waals surface area contributed by atoms with Crippen LogP contribution < -0.4 is 0 Å². The van der Waals surface area contributed by atoms with E-state index in [0.29, 0.717) is 18.2 Å². The molecule has 0 aromatic heterocycles. The van der Waals surface area contributed by atoms with Gasteiger partial charge in [-0.3, -0.25) is 0 Å². The van der Waals surface area contributed by atoms with Crippen molar-refractivity contribution in [2.75, 3.05) is 14.1 Å². The molecule has 0 spiro atoms. The lowest BCUT2D eigenvalue weighted by atomic mass is 9.76. The third-order valence-corrected chi connectivity index (χ3v) is 5.07. The Bertz CT molecular complexity index is 938. The van der Waals surface area contributed by atoms with Crippen LogP contribution in [0.1, 0.15) is 47.1 Å². The van der Waals surface area contributed by atoms with Crippen molar-refractivity contribution in [3.63, 3.8) is 0 Å². The van der Waals surface area contributed by atoms with Crippen LogP contribution in [0, 0.1) is 0 Å². The topological polar surface area (TPSA) is 77.8 Å². The van der Waals surface area contributed by atoms with E-state index in [1.165, 1.54) is 17.7 Å². The third kappa shape index (κ3) is 6.68. The molecule has 8 heteroatoms. The fraction of sp³-hybridized carbons (Fsp3) is 0.304. The number of halogens is 3. The van der Waals surface area contributed by atoms with Crippen molar-refractivity contribution in [3.8, 4) is 0 Å². The summed E-state index contributed by atoms with van der Waals surface area (Å²) in [7, 11) is 4.10. The SMILES string of the molecule is CN(C)[C@@H]1CC[C@H](c2cccc(C(F)(F)F)c2)c2ccccc21.O=C(O)/C=C\C(=O)O. The quantitative estimate of drug-likeness (QED) is 0.665. The number of rotatable bonds is 4. The zero-order valence-corrected chi connectivity index (χ0v) is 17.1. The van der Waals surface area contributed by atoms with Crippen LogP contribution in [0.5, 0.6) is 0 Å². The molecule has 0 saturated heterocycles. The first-order chi connectivity index (χ1) is 14.5. The van der Waals surface area contributed by atoms with Crippen LogP contribution in [0.25, 0.3) is 0 Å². The van der Waals surface area contributed by atoms with Crippen molar-refractivity contribution in [2.45, 2.75) is 31.0 Å². The zero-order chi connectivity index (χ0) is 23.2. The lowest BCUT2D eigenvalue weighted by molar-refractivity contribution is -0.137. The van der Waals surface area contributed by atoms with Crippen LogP contribution in [-0.2, 0) is 15.8 Å². The summed E-state index contributed by atoms with van der Waals surface area (Å²) >= 11 is 0. The van der Waals surface area contributed by atoms with E-state index in [1.807, 2.05) is 32.3 Å². The second-order valence-electron chi connectivity index (χ2n) is 7.37. The summed E-state index contributed by atoms with van der Waals surface area (Å²) in [5.74, 6) is -2.48. The number of fused-ring (bicyclic) bond motifs is 1. The van der Waals surface area contributed by atoms with Gasteiger partial charge in [0.05, 0.1) is 5.56 Å². The molecular weight excluding hydrogens is 411 g/mol. The largest absolute Gasteiger partial charge is 0.478 e. The highest BCUT2D eigenvalue weighted by Crippen LogP contribution is 2.43. The summed E-state index contributed by atoms with van der Waals surface area (Å²) in [6.07, 6.45) is -1.37. The first-order valence-corrected chi connectivity index (χ1v) is 9.57. The highest BCUT2D eigenvalue weighted by Gasteiger charge is 2.33. The van der Waals surface area contributed by atoms with Gasteiger partial charge in [0.25, 0.3) is 0 Å². The van der Waals surface area contributed by atoms with Gasteiger partial charge in [-0.15, -0.1) is 0 Å². The first kappa shape index (κ1) is 24.1. The van der Waals surface area contributed by atoms with Crippen molar-refractivity contribution in [2.24, 2.45) is 0 Å². The number of carboxylic acids is 2. The van der Waals surface area contributed by atoms with Gasteiger partial charge in [-0.1, -0.05) is 42.5 Å². The van der Waals surface area contributed by atoms with E-state index in [4.69, 9.17) is 10.2 Å². The molecule has 0 radical (unpaired) electrons. The first-order valence-electron chi connectivity index (χ1n) is 9.57. The van der Waals surface area contributed by atoms with Gasteiger partial charge in [0, 0.05) is 24.1 Å². The molecule has 166 valence electrons. The number of hydrogen-bond donors (Lipinski definition) is 2. The Hall–Kier alpha value is -3.13. The smallest absolute Gasteiger partial charge is 0.416 e. The lowest BCUT2D eigenvalue weighted by Gasteiger charge is -2.35. The number of nitrogens with zero attached hydrogens (tertiary/aromatic N) is 1. The minimum absolute atomic E-state index is 0.0321. The van der Waals surface area contributed by atoms with E-state index in [1.54, 1.807) is 0 Å². The molecule has 2 aromatic carbocycles. The van der Waals surface area contributed by atoms with Crippen LogP contribution in [0.2, 0.25) is 0 Å². The molecule has 31 heavy (non-hydrogen) atoms. The standard InChI is InChI=1S/C19H20F3N.C4H4O4/c1-23(2)18-11-10-15(16-8-3-4-9-17(16)18)13-6-5-7-14(12-13)19(20,21)22;5-3(6)1-2-4(7)8/h3-9,12,15,18H,10-11H2,1-2H3;1-2H,(H,5,6)(H,7,8)/b;2-1-/t15-,18-;/m1./s1. The number of alkyl halides is 3. The minimum atomic E-state index is -4.30. The van der Waals surface area contributed by atoms with E-state index in [9.17, 15) is 22.8 Å². The second-order valence-corrected chi connectivity index (χ2v) is 7.37. The molecule has 2 atom stereocenters. The predicted octanol–water partition coefficient (Wildman–Crippen LogP) is 4.95. The Kier molecular flexibility index (Phi) is 7.99. The summed E-state index contributed by atoms with van der Waals surface area (Å²) < 4.78 is 39.0. The second kappa shape index (κ2) is 10.3. The molecule has 0 aliphatic heterocycles. The van der Waals surface area contributed by atoms with Gasteiger partial charge >= 0.3 is 18.1 Å². The van der Waals surface area contributed by atoms with E-state index >= 15 is 0 Å². The van der Waals surface area contributed by atoms with Crippen molar-refractivity contribution in [3.05, 3.63) is 82.9 Å². The average molecular weight is 435 g/mol. The highest BCUT2D eigenvalue weighted by atomic mass is 19.4. The number of aliphatic carboxylic acids is 2. The number of benzene rings is 2. The van der Waals surface area contributed by atoms with E-state index < -0.39 is 23.7 Å². The maximum atomic E-state index is 13.0. The predicted molar refractivity (Wildman–Crippen MR) is 110 cm³/mol. The molecule has 0 bridgehead atoms. The number of hydrogen-bond acceptors (Lipinski definition) is 3. The normalized spacial score (nSPS) is 18.3. The Morgan fingerprint density at radius 2 is 1.52 bits per heavy atom. The summed E-state index contributed by atoms with van der Waals surface area (Å²) in [6.45, 7) is 0. The molecule has 1 aliphatic rings. The van der Waals surface area contributed by atoms with Crippen LogP contribution in [0.4, 0.5) is 13.2 Å². The van der Waals surface area contributed by atoms with Gasteiger partial charge < -0.3 is 15.1 Å². The Balaban J connectivity index is 0.000000366. The fourth-order valence-electron chi connectivity index (χ4n) is 3.72. The fourth-order valence-corrected chi connectivity index (χ4v) is 3.72. The summed E-state index contributed by atoms with van der Waals surface area (Å²) in [5.41, 5.74) is 2.56. The molecule has 0 fully saturated rings. The maximum absolute atomic E-state index is 13.0. The van der Waals surface area contributed by atoms with Crippen LogP contribution in [0.15, 0.2) is 60.7 Å². The molecular formula is C23H24F3NO4. The average Bonchev–Trinajstić information content (AvgIpc) is 2.71. The monoisotopic (exact) mass is 435 g/mol. The van der Waals surface area contributed by atoms with Gasteiger partial charge in [-0.25, -0.2) is 9.59 Å². The summed E-state index contributed by atoms with van der Waals surface area (Å²) in [4.78, 5) is 21.3. The van der Waals surface area contributed by atoms with Gasteiger partial charge in [-0.2, -0.15) is 13.2 Å². The molecule has 1 aliphatic carbocycles. The van der Waals surface area contributed by atoms with Crippen LogP contribution >= 0.6 is 0 Å². The van der Waals surface area contributed by atoms with Crippen molar-refractivity contribution >= 4 is 11.9 Å². The molecule has 3 rings (SSSR count). The Morgan fingerprint density at radius 3 is 2.03 bits per heavy atom. The maximum Gasteiger partial charge on any atom is 0.416 e. The van der Waals surface area contributed by atoms with Crippen molar-refractivity contribution in [1.82, 2.24) is 4.90 Å². The molecule has 0 saturated carbocycles. The van der Waals surface area contributed by atoms with Gasteiger partial charge in [0.15, 0.2) is 0 Å². The molecule has 0 unspecified atom stereocenters. The molecule has 2 N–H and O–H groups in total. The van der Waals surface area contributed by atoms with Crippen molar-refractivity contribution in [1.29, 1.82) is 0 Å². The minimum Gasteiger partial charge on any atom is -0.478 e. The molecule has 0 amide bonds. The Labute approximate surface area is 178 Å². The lowest BCUT2D eigenvalue weighted by Crippen LogP contribution is -2.26. The summed E-state index contributed by atoms with van der Waals surface area (Å²) in [6, 6.07) is 14.2. The number of carboxylic acid groups (broad SMARTS) is 2. The molecule has 2 aromatic rings. The molecule has 0 heterocycles. The van der Waals surface area contributed by atoms with E-state index in [-0.39, 0.29) is 5.92 Å². The summed E-state index contributed by atoms with van der Waals surface area (Å²) in [5, 5.41) is 15.6. The van der Waals surface area contributed by atoms with E-state index in [2.05, 4.69) is 17.0 Å². The highest BCUT2D eigenvalue weighted by molar-refractivity contribution is 5.89. The van der Waals surface area contributed by atoms with Gasteiger partial charge in [0.1, 0.15) is 0 Å². The van der Waals surface area contributed by atoms with Gasteiger partial charge in [0.2, 0.25) is 0 Å². The van der Waals surface area contributed by atoms with Crippen LogP contribution in [-0.4, -0.2) is 41.1 Å². The van der Waals surface area contributed by atoms with Crippen molar-refractivity contribution < 1.29 is 33.0 Å². The molecule has 5 nitrogen and oxygen atoms in total. The van der Waals surface area contributed by atoms with Gasteiger partial charge in [-0.05, 0) is 49.7 Å². The van der Waals surface area contributed by atoms with Crippen LogP contribution in [0.3, 0.4) is 0 Å². The number of carbonyl (C=O) groups is 2. The zero-order valence-electron chi connectivity index (χ0n) is 17.1.